The van der Waals surface area contributed by atoms with Crippen molar-refractivity contribution >= 4 is 6.09 Å². The molecule has 1 atom stereocenters. The summed E-state index contributed by atoms with van der Waals surface area (Å²) in [7, 11) is 0. The molecule has 2 N–H and O–H groups in total. The minimum Gasteiger partial charge on any atom is -0.443 e. The molecule has 0 saturated carbocycles. The van der Waals surface area contributed by atoms with Gasteiger partial charge in [-0.3, -0.25) is 4.90 Å². The molecule has 94 valence electrons. The lowest BCUT2D eigenvalue weighted by Crippen LogP contribution is -2.41. The van der Waals surface area contributed by atoms with Crippen LogP contribution >= 0.6 is 0 Å². The van der Waals surface area contributed by atoms with Gasteiger partial charge in [-0.25, -0.2) is 4.79 Å². The Kier molecular flexibility index (Phi) is 4.36. The fourth-order valence-electron chi connectivity index (χ4n) is 1.45. The Morgan fingerprint density at radius 1 is 1.56 bits per heavy atom. The van der Waals surface area contributed by atoms with E-state index in [0.29, 0.717) is 0 Å². The number of hydrogen-bond donors (Lipinski definition) is 2. The molecule has 1 unspecified atom stereocenters. The van der Waals surface area contributed by atoms with Crippen molar-refractivity contribution in [3.63, 3.8) is 0 Å². The molecule has 1 fully saturated rings. The van der Waals surface area contributed by atoms with E-state index in [1.54, 1.807) is 0 Å². The Hall–Kier alpha value is -1.02. The molecule has 0 bridgehead atoms. The van der Waals surface area contributed by atoms with Crippen LogP contribution in [0.4, 0.5) is 18.0 Å². The molecule has 0 radical (unpaired) electrons. The first-order valence-corrected chi connectivity index (χ1v) is 4.75. The van der Waals surface area contributed by atoms with Crippen LogP contribution in [0.25, 0.3) is 0 Å². The lowest BCUT2D eigenvalue weighted by molar-refractivity contribution is -0.148. The van der Waals surface area contributed by atoms with Crippen molar-refractivity contribution in [1.29, 1.82) is 0 Å². The average molecular weight is 242 g/mol. The zero-order valence-electron chi connectivity index (χ0n) is 8.46. The Morgan fingerprint density at radius 2 is 2.25 bits per heavy atom. The normalized spacial score (nSPS) is 21.1. The minimum absolute atomic E-state index is 0.0428. The van der Waals surface area contributed by atoms with Gasteiger partial charge in [0.25, 0.3) is 0 Å². The largest absolute Gasteiger partial charge is 0.443 e. The monoisotopic (exact) mass is 242 g/mol. The van der Waals surface area contributed by atoms with Crippen molar-refractivity contribution in [2.75, 3.05) is 32.8 Å². The summed E-state index contributed by atoms with van der Waals surface area (Å²) in [5, 5.41) is 11.0. The standard InChI is InChI=1S/C8H13F3N2O3/c9-8(10,11)5-13(1-2-14)4-6-3-12-7(15)16-6/h6,14H,1-5H2,(H,12,15). The summed E-state index contributed by atoms with van der Waals surface area (Å²) in [6.07, 6.45) is -5.55. The average Bonchev–Trinajstić information content (AvgIpc) is 2.48. The lowest BCUT2D eigenvalue weighted by Gasteiger charge is -2.24. The molecular weight excluding hydrogens is 229 g/mol. The van der Waals surface area contributed by atoms with Gasteiger partial charge in [-0.2, -0.15) is 13.2 Å². The van der Waals surface area contributed by atoms with Gasteiger partial charge in [0.1, 0.15) is 6.10 Å². The second-order valence-corrected chi connectivity index (χ2v) is 3.48. The highest BCUT2D eigenvalue weighted by atomic mass is 19.4. The number of aliphatic hydroxyl groups excluding tert-OH is 1. The van der Waals surface area contributed by atoms with Crippen LogP contribution in [0.3, 0.4) is 0 Å². The van der Waals surface area contributed by atoms with Gasteiger partial charge in [0.05, 0.1) is 19.7 Å². The number of alkyl halides is 3. The predicted octanol–water partition coefficient (Wildman–Crippen LogP) is -0.0486. The Bertz CT molecular complexity index is 247. The molecule has 8 heteroatoms. The molecular formula is C8H13F3N2O3. The summed E-state index contributed by atoms with van der Waals surface area (Å²) in [5.41, 5.74) is 0. The van der Waals surface area contributed by atoms with Crippen LogP contribution in [0, 0.1) is 0 Å². The summed E-state index contributed by atoms with van der Waals surface area (Å²) >= 11 is 0. The lowest BCUT2D eigenvalue weighted by atomic mass is 10.3. The van der Waals surface area contributed by atoms with E-state index < -0.39 is 24.9 Å². The number of nitrogens with zero attached hydrogens (tertiary/aromatic N) is 1. The number of cyclic esters (lactones) is 1. The highest BCUT2D eigenvalue weighted by Crippen LogP contribution is 2.17. The summed E-state index contributed by atoms with van der Waals surface area (Å²) in [4.78, 5) is 11.7. The van der Waals surface area contributed by atoms with Gasteiger partial charge >= 0.3 is 12.3 Å². The maximum atomic E-state index is 12.1. The van der Waals surface area contributed by atoms with Crippen molar-refractivity contribution in [2.45, 2.75) is 12.3 Å². The van der Waals surface area contributed by atoms with Crippen LogP contribution in [-0.4, -0.2) is 61.2 Å². The number of ether oxygens (including phenoxy) is 1. The number of halogens is 3. The summed E-state index contributed by atoms with van der Waals surface area (Å²) < 4.78 is 41.1. The molecule has 1 amide bonds. The van der Waals surface area contributed by atoms with E-state index in [1.807, 2.05) is 0 Å². The highest BCUT2D eigenvalue weighted by molar-refractivity contribution is 5.69. The third-order valence-electron chi connectivity index (χ3n) is 2.03. The van der Waals surface area contributed by atoms with Gasteiger partial charge in [-0.1, -0.05) is 0 Å². The summed E-state index contributed by atoms with van der Waals surface area (Å²) in [6, 6.07) is 0. The molecule has 0 aromatic carbocycles. The number of carbonyl (C=O) groups is 1. The Morgan fingerprint density at radius 3 is 2.69 bits per heavy atom. The predicted molar refractivity (Wildman–Crippen MR) is 47.9 cm³/mol. The van der Waals surface area contributed by atoms with Gasteiger partial charge < -0.3 is 15.2 Å². The van der Waals surface area contributed by atoms with Crippen LogP contribution in [-0.2, 0) is 4.74 Å². The van der Waals surface area contributed by atoms with Gasteiger partial charge in [0.15, 0.2) is 0 Å². The number of hydrogen-bond acceptors (Lipinski definition) is 4. The van der Waals surface area contributed by atoms with Crippen molar-refractivity contribution in [1.82, 2.24) is 10.2 Å². The van der Waals surface area contributed by atoms with Crippen molar-refractivity contribution in [3.8, 4) is 0 Å². The van der Waals surface area contributed by atoms with Crippen LogP contribution in [0.1, 0.15) is 0 Å². The molecule has 1 heterocycles. The van der Waals surface area contributed by atoms with Gasteiger partial charge in [-0.15, -0.1) is 0 Å². The maximum absolute atomic E-state index is 12.1. The number of rotatable bonds is 5. The van der Waals surface area contributed by atoms with E-state index in [-0.39, 0.29) is 26.2 Å². The third-order valence-corrected chi connectivity index (χ3v) is 2.03. The van der Waals surface area contributed by atoms with Crippen molar-refractivity contribution in [3.05, 3.63) is 0 Å². The zero-order valence-corrected chi connectivity index (χ0v) is 8.46. The van der Waals surface area contributed by atoms with Gasteiger partial charge in [0.2, 0.25) is 0 Å². The van der Waals surface area contributed by atoms with Crippen molar-refractivity contribution < 1.29 is 27.8 Å². The number of aliphatic hydroxyl groups is 1. The molecule has 16 heavy (non-hydrogen) atoms. The molecule has 1 aliphatic heterocycles. The number of alkyl carbamates (subject to hydrolysis) is 1. The van der Waals surface area contributed by atoms with Crippen LogP contribution in [0.2, 0.25) is 0 Å². The molecule has 0 aromatic rings. The minimum atomic E-state index is -4.33. The molecule has 0 spiro atoms. The zero-order chi connectivity index (χ0) is 12.2. The molecule has 0 aromatic heterocycles. The van der Waals surface area contributed by atoms with Crippen LogP contribution in [0.5, 0.6) is 0 Å². The SMILES string of the molecule is O=C1NCC(CN(CCO)CC(F)(F)F)O1. The number of amides is 1. The van der Waals surface area contributed by atoms with E-state index in [4.69, 9.17) is 9.84 Å². The van der Waals surface area contributed by atoms with E-state index in [1.165, 1.54) is 0 Å². The fourth-order valence-corrected chi connectivity index (χ4v) is 1.45. The smallest absolute Gasteiger partial charge is 0.407 e. The van der Waals surface area contributed by atoms with E-state index in [2.05, 4.69) is 5.32 Å². The molecule has 1 rings (SSSR count). The van der Waals surface area contributed by atoms with Crippen LogP contribution < -0.4 is 5.32 Å². The highest BCUT2D eigenvalue weighted by Gasteiger charge is 2.33. The van der Waals surface area contributed by atoms with Crippen molar-refractivity contribution in [2.24, 2.45) is 0 Å². The van der Waals surface area contributed by atoms with Crippen LogP contribution in [0.15, 0.2) is 0 Å². The second kappa shape index (κ2) is 5.35. The fraction of sp³-hybridized carbons (Fsp3) is 0.875. The molecule has 1 saturated heterocycles. The molecule has 0 aliphatic carbocycles. The van der Waals surface area contributed by atoms with Gasteiger partial charge in [0, 0.05) is 13.1 Å². The second-order valence-electron chi connectivity index (χ2n) is 3.48. The first-order chi connectivity index (χ1) is 7.40. The third kappa shape index (κ3) is 4.67. The topological polar surface area (TPSA) is 61.8 Å². The van der Waals surface area contributed by atoms with E-state index in [0.717, 1.165) is 4.90 Å². The van der Waals surface area contributed by atoms with Gasteiger partial charge in [-0.05, 0) is 0 Å². The van der Waals surface area contributed by atoms with E-state index >= 15 is 0 Å². The molecule has 5 nitrogen and oxygen atoms in total. The quantitative estimate of drug-likeness (QED) is 0.709. The Labute approximate surface area is 90.2 Å². The first-order valence-electron chi connectivity index (χ1n) is 4.75. The maximum Gasteiger partial charge on any atom is 0.407 e. The molecule has 1 aliphatic rings. The summed E-state index contributed by atoms with van der Waals surface area (Å²) in [5.74, 6) is 0. The summed E-state index contributed by atoms with van der Waals surface area (Å²) in [6.45, 7) is -1.45. The first kappa shape index (κ1) is 13.0. The van der Waals surface area contributed by atoms with E-state index in [9.17, 15) is 18.0 Å². The number of carbonyl (C=O) groups excluding carboxylic acids is 1. The Balaban J connectivity index is 2.41. The number of nitrogens with one attached hydrogen (secondary N) is 1.